The number of amides is 1. The van der Waals surface area contributed by atoms with Crippen LogP contribution in [0.15, 0.2) is 17.5 Å². The highest BCUT2D eigenvalue weighted by atomic mass is 32.1. The number of carbonyl (C=O) groups is 1. The Morgan fingerprint density at radius 2 is 2.12 bits per heavy atom. The first-order chi connectivity index (χ1) is 11.8. The van der Waals surface area contributed by atoms with E-state index in [2.05, 4.69) is 26.6 Å². The van der Waals surface area contributed by atoms with E-state index in [1.54, 1.807) is 11.3 Å². The molecule has 0 spiro atoms. The Kier molecular flexibility index (Phi) is 5.20. The van der Waals surface area contributed by atoms with Crippen molar-refractivity contribution < 1.29 is 4.79 Å². The largest absolute Gasteiger partial charge is 0.351 e. The monoisotopic (exact) mass is 347 g/mol. The Labute approximate surface area is 149 Å². The molecular formula is C19H29N3OS. The number of carbonyl (C=O) groups excluding carboxylic acids is 1. The maximum Gasteiger partial charge on any atom is 0.221 e. The highest BCUT2D eigenvalue weighted by molar-refractivity contribution is 7.09. The van der Waals surface area contributed by atoms with Crippen molar-refractivity contribution in [1.82, 2.24) is 15.1 Å². The molecule has 0 radical (unpaired) electrons. The van der Waals surface area contributed by atoms with Gasteiger partial charge in [-0.2, -0.15) is 0 Å². The molecule has 4 nitrogen and oxygen atoms in total. The smallest absolute Gasteiger partial charge is 0.221 e. The van der Waals surface area contributed by atoms with E-state index in [4.69, 9.17) is 0 Å². The molecule has 5 rings (SSSR count). The average molecular weight is 348 g/mol. The zero-order chi connectivity index (χ0) is 16.4. The van der Waals surface area contributed by atoms with Crippen LogP contribution in [0, 0.1) is 11.8 Å². The van der Waals surface area contributed by atoms with E-state index >= 15 is 0 Å². The average Bonchev–Trinajstić information content (AvgIpc) is 3.32. The van der Waals surface area contributed by atoms with Gasteiger partial charge in [-0.15, -0.1) is 11.3 Å². The van der Waals surface area contributed by atoms with Crippen LogP contribution < -0.4 is 5.32 Å². The second-order valence-corrected chi connectivity index (χ2v) is 8.89. The molecule has 2 bridgehead atoms. The standard InChI is InChI=1S/C19H29N3OS/c23-19(20-10-18-2-1-9-24-18)7-8-21-11-16-5-6-17(14-21)22(13-16)12-15-3-4-15/h1-2,9,15-17H,3-8,10-14H2,(H,20,23)/t16-,17+/m1/s1. The van der Waals surface area contributed by atoms with Gasteiger partial charge in [0, 0.05) is 50.1 Å². The molecule has 1 aliphatic carbocycles. The first-order valence-electron chi connectivity index (χ1n) is 9.52. The molecule has 2 atom stereocenters. The second kappa shape index (κ2) is 7.54. The van der Waals surface area contributed by atoms with Crippen molar-refractivity contribution in [2.75, 3.05) is 32.7 Å². The lowest BCUT2D eigenvalue weighted by molar-refractivity contribution is -0.121. The number of nitrogens with one attached hydrogen (secondary N) is 1. The molecule has 1 amide bonds. The van der Waals surface area contributed by atoms with E-state index < -0.39 is 0 Å². The fourth-order valence-electron chi connectivity index (χ4n) is 4.26. The normalized spacial score (nSPS) is 28.0. The Balaban J connectivity index is 1.22. The minimum Gasteiger partial charge on any atom is -0.351 e. The highest BCUT2D eigenvalue weighted by Gasteiger charge is 2.37. The molecule has 24 heavy (non-hydrogen) atoms. The van der Waals surface area contributed by atoms with Gasteiger partial charge in [-0.05, 0) is 49.0 Å². The van der Waals surface area contributed by atoms with Gasteiger partial charge in [0.25, 0.3) is 0 Å². The van der Waals surface area contributed by atoms with Gasteiger partial charge in [0.2, 0.25) is 5.91 Å². The maximum absolute atomic E-state index is 12.1. The molecule has 0 unspecified atom stereocenters. The number of thiophene rings is 1. The van der Waals surface area contributed by atoms with Crippen LogP contribution in [0.1, 0.15) is 37.0 Å². The molecule has 4 fully saturated rings. The summed E-state index contributed by atoms with van der Waals surface area (Å²) in [7, 11) is 0. The van der Waals surface area contributed by atoms with Crippen LogP contribution in [0.5, 0.6) is 0 Å². The number of rotatable bonds is 7. The summed E-state index contributed by atoms with van der Waals surface area (Å²) in [5.41, 5.74) is 0. The Morgan fingerprint density at radius 3 is 2.92 bits per heavy atom. The third-order valence-corrected chi connectivity index (χ3v) is 6.66. The third-order valence-electron chi connectivity index (χ3n) is 5.79. The van der Waals surface area contributed by atoms with Gasteiger partial charge in [0.1, 0.15) is 0 Å². The Morgan fingerprint density at radius 1 is 1.21 bits per heavy atom. The number of piperidine rings is 1. The predicted molar refractivity (Wildman–Crippen MR) is 98.0 cm³/mol. The number of fused-ring (bicyclic) bond motifs is 4. The highest BCUT2D eigenvalue weighted by Crippen LogP contribution is 2.34. The zero-order valence-corrected chi connectivity index (χ0v) is 15.3. The zero-order valence-electron chi connectivity index (χ0n) is 14.5. The maximum atomic E-state index is 12.1. The number of hydrogen-bond donors (Lipinski definition) is 1. The van der Waals surface area contributed by atoms with Crippen molar-refractivity contribution in [3.63, 3.8) is 0 Å². The summed E-state index contributed by atoms with van der Waals surface area (Å²) >= 11 is 1.70. The van der Waals surface area contributed by atoms with E-state index in [1.807, 2.05) is 6.07 Å². The van der Waals surface area contributed by atoms with E-state index in [-0.39, 0.29) is 5.91 Å². The van der Waals surface area contributed by atoms with E-state index in [0.29, 0.717) is 13.0 Å². The lowest BCUT2D eigenvalue weighted by Crippen LogP contribution is -2.45. The van der Waals surface area contributed by atoms with Crippen molar-refractivity contribution in [1.29, 1.82) is 0 Å². The fourth-order valence-corrected chi connectivity index (χ4v) is 4.91. The van der Waals surface area contributed by atoms with E-state index in [9.17, 15) is 4.79 Å². The molecular weight excluding hydrogens is 318 g/mol. The SMILES string of the molecule is O=C(CCN1C[C@H]2CC[C@@H](C1)N(CC1CC1)C2)NCc1cccs1. The molecule has 1 aromatic heterocycles. The summed E-state index contributed by atoms with van der Waals surface area (Å²) in [6.45, 7) is 6.58. The van der Waals surface area contributed by atoms with Gasteiger partial charge in [-0.1, -0.05) is 6.07 Å². The van der Waals surface area contributed by atoms with Gasteiger partial charge >= 0.3 is 0 Å². The molecule has 1 aromatic rings. The quantitative estimate of drug-likeness (QED) is 0.823. The molecule has 5 heteroatoms. The molecule has 4 aliphatic rings. The van der Waals surface area contributed by atoms with Crippen molar-refractivity contribution in [2.24, 2.45) is 11.8 Å². The van der Waals surface area contributed by atoms with Crippen LogP contribution in [-0.4, -0.2) is 54.5 Å². The molecule has 4 heterocycles. The van der Waals surface area contributed by atoms with Crippen molar-refractivity contribution in [3.05, 3.63) is 22.4 Å². The minimum atomic E-state index is 0.190. The van der Waals surface area contributed by atoms with Crippen LogP contribution in [0.4, 0.5) is 0 Å². The first kappa shape index (κ1) is 16.6. The summed E-state index contributed by atoms with van der Waals surface area (Å²) in [5, 5.41) is 5.11. The van der Waals surface area contributed by atoms with Gasteiger partial charge in [0.15, 0.2) is 0 Å². The molecule has 132 valence electrons. The fraction of sp³-hybridized carbons (Fsp3) is 0.737. The van der Waals surface area contributed by atoms with Crippen LogP contribution in [0.2, 0.25) is 0 Å². The lowest BCUT2D eigenvalue weighted by atomic mass is 9.95. The summed E-state index contributed by atoms with van der Waals surface area (Å²) < 4.78 is 0. The Bertz CT molecular complexity index is 543. The van der Waals surface area contributed by atoms with Gasteiger partial charge in [-0.25, -0.2) is 0 Å². The third kappa shape index (κ3) is 4.38. The number of hydrogen-bond acceptors (Lipinski definition) is 4. The molecule has 1 N–H and O–H groups in total. The van der Waals surface area contributed by atoms with E-state index in [1.165, 1.54) is 56.7 Å². The van der Waals surface area contributed by atoms with Crippen molar-refractivity contribution in [3.8, 4) is 0 Å². The van der Waals surface area contributed by atoms with Gasteiger partial charge in [-0.3, -0.25) is 9.69 Å². The molecule has 0 aromatic carbocycles. The predicted octanol–water partition coefficient (Wildman–Crippen LogP) is 2.56. The van der Waals surface area contributed by atoms with E-state index in [0.717, 1.165) is 24.4 Å². The molecule has 3 saturated heterocycles. The summed E-state index contributed by atoms with van der Waals surface area (Å²) in [6.07, 6.45) is 6.27. The first-order valence-corrected chi connectivity index (χ1v) is 10.4. The van der Waals surface area contributed by atoms with Gasteiger partial charge in [0.05, 0.1) is 6.54 Å². The summed E-state index contributed by atoms with van der Waals surface area (Å²) in [6, 6.07) is 4.84. The van der Waals surface area contributed by atoms with Crippen molar-refractivity contribution in [2.45, 2.75) is 44.7 Å². The van der Waals surface area contributed by atoms with Crippen LogP contribution in [-0.2, 0) is 11.3 Å². The number of nitrogens with zero attached hydrogens (tertiary/aromatic N) is 2. The summed E-state index contributed by atoms with van der Waals surface area (Å²) in [5.74, 6) is 1.99. The topological polar surface area (TPSA) is 35.6 Å². The van der Waals surface area contributed by atoms with Crippen LogP contribution in [0.3, 0.4) is 0 Å². The second-order valence-electron chi connectivity index (χ2n) is 7.86. The summed E-state index contributed by atoms with van der Waals surface area (Å²) in [4.78, 5) is 18.7. The molecule has 3 aliphatic heterocycles. The Hall–Kier alpha value is -0.910. The van der Waals surface area contributed by atoms with Gasteiger partial charge < -0.3 is 10.2 Å². The van der Waals surface area contributed by atoms with Crippen LogP contribution in [0.25, 0.3) is 0 Å². The minimum absolute atomic E-state index is 0.190. The molecule has 1 saturated carbocycles. The van der Waals surface area contributed by atoms with Crippen molar-refractivity contribution >= 4 is 17.2 Å². The van der Waals surface area contributed by atoms with Crippen LogP contribution >= 0.6 is 11.3 Å². The lowest BCUT2D eigenvalue weighted by Gasteiger charge is -2.36.